The number of likely N-dealkylation sites (N-methyl/N-ethyl adjacent to an activating group) is 1. The van der Waals surface area contributed by atoms with Crippen molar-refractivity contribution in [1.82, 2.24) is 4.90 Å². The Morgan fingerprint density at radius 2 is 1.75 bits per heavy atom. The van der Waals surface area contributed by atoms with Gasteiger partial charge in [-0.1, -0.05) is 6.08 Å². The highest BCUT2D eigenvalue weighted by Crippen LogP contribution is 2.21. The number of allylic oxidation sites excluding steroid dienone is 2. The van der Waals surface area contributed by atoms with Crippen molar-refractivity contribution >= 4 is 5.78 Å². The number of hydrogen-bond donors (Lipinski definition) is 0. The lowest BCUT2D eigenvalue weighted by molar-refractivity contribution is -0.167. The molecule has 0 heterocycles. The standard InChI is InChI=1S/C7H10F3NO/c1-4-5(11(2)3)6(12)7(8,9)10/h4H,1-3H3/b5-4-. The van der Waals surface area contributed by atoms with Crippen molar-refractivity contribution in [2.75, 3.05) is 14.1 Å². The van der Waals surface area contributed by atoms with E-state index in [1.807, 2.05) is 0 Å². The van der Waals surface area contributed by atoms with Gasteiger partial charge in [0, 0.05) is 14.1 Å². The van der Waals surface area contributed by atoms with Gasteiger partial charge in [-0.2, -0.15) is 13.2 Å². The monoisotopic (exact) mass is 181 g/mol. The van der Waals surface area contributed by atoms with E-state index in [1.54, 1.807) is 0 Å². The van der Waals surface area contributed by atoms with Gasteiger partial charge < -0.3 is 4.90 Å². The first-order valence-corrected chi connectivity index (χ1v) is 3.26. The predicted octanol–water partition coefficient (Wildman–Crippen LogP) is 1.58. The molecule has 5 heteroatoms. The van der Waals surface area contributed by atoms with Crippen molar-refractivity contribution < 1.29 is 18.0 Å². The van der Waals surface area contributed by atoms with E-state index in [1.165, 1.54) is 21.0 Å². The van der Waals surface area contributed by atoms with Gasteiger partial charge in [0.1, 0.15) is 0 Å². The molecule has 70 valence electrons. The number of alkyl halides is 3. The summed E-state index contributed by atoms with van der Waals surface area (Å²) in [4.78, 5) is 11.7. The van der Waals surface area contributed by atoms with Crippen molar-refractivity contribution in [3.63, 3.8) is 0 Å². The lowest BCUT2D eigenvalue weighted by Crippen LogP contribution is -2.31. The largest absolute Gasteiger partial charge is 0.456 e. The zero-order chi connectivity index (χ0) is 9.94. The van der Waals surface area contributed by atoms with Crippen molar-refractivity contribution in [3.8, 4) is 0 Å². The first-order valence-electron chi connectivity index (χ1n) is 3.26. The summed E-state index contributed by atoms with van der Waals surface area (Å²) in [5.41, 5.74) is -0.345. The number of nitrogens with zero attached hydrogens (tertiary/aromatic N) is 1. The summed E-state index contributed by atoms with van der Waals surface area (Å²) in [7, 11) is 2.78. The first-order chi connectivity index (χ1) is 5.30. The van der Waals surface area contributed by atoms with Crippen molar-refractivity contribution in [2.45, 2.75) is 13.1 Å². The molecular weight excluding hydrogens is 171 g/mol. The van der Waals surface area contributed by atoms with Gasteiger partial charge >= 0.3 is 6.18 Å². The molecule has 12 heavy (non-hydrogen) atoms. The Balaban J connectivity index is 4.69. The molecule has 0 unspecified atom stereocenters. The summed E-state index contributed by atoms with van der Waals surface area (Å²) in [5, 5.41) is 0. The molecule has 0 amide bonds. The molecule has 0 rings (SSSR count). The minimum absolute atomic E-state index is 0.345. The lowest BCUT2D eigenvalue weighted by atomic mass is 10.2. The molecule has 0 aromatic rings. The van der Waals surface area contributed by atoms with E-state index >= 15 is 0 Å². The van der Waals surface area contributed by atoms with Crippen LogP contribution in [0, 0.1) is 0 Å². The van der Waals surface area contributed by atoms with Gasteiger partial charge in [-0.05, 0) is 6.92 Å². The predicted molar refractivity (Wildman–Crippen MR) is 38.5 cm³/mol. The molecule has 0 aromatic carbocycles. The Morgan fingerprint density at radius 3 is 1.83 bits per heavy atom. The minimum atomic E-state index is -4.79. The number of ketones is 1. The molecule has 0 radical (unpaired) electrons. The molecule has 0 bridgehead atoms. The van der Waals surface area contributed by atoms with Gasteiger partial charge in [0.25, 0.3) is 5.78 Å². The van der Waals surface area contributed by atoms with Crippen LogP contribution in [0.1, 0.15) is 6.92 Å². The van der Waals surface area contributed by atoms with E-state index in [0.717, 1.165) is 11.0 Å². The van der Waals surface area contributed by atoms with E-state index < -0.39 is 12.0 Å². The van der Waals surface area contributed by atoms with Crippen molar-refractivity contribution in [1.29, 1.82) is 0 Å². The van der Waals surface area contributed by atoms with Crippen LogP contribution in [0.5, 0.6) is 0 Å². The van der Waals surface area contributed by atoms with Gasteiger partial charge in [-0.25, -0.2) is 0 Å². The Bertz CT molecular complexity index is 205. The van der Waals surface area contributed by atoms with Crippen LogP contribution in [-0.2, 0) is 4.79 Å². The van der Waals surface area contributed by atoms with Crippen LogP contribution >= 0.6 is 0 Å². The maximum atomic E-state index is 11.8. The highest BCUT2D eigenvalue weighted by atomic mass is 19.4. The van der Waals surface area contributed by atoms with E-state index in [2.05, 4.69) is 0 Å². The van der Waals surface area contributed by atoms with Gasteiger partial charge in [0.2, 0.25) is 0 Å². The summed E-state index contributed by atoms with van der Waals surface area (Å²) in [5.74, 6) is -1.81. The fraction of sp³-hybridized carbons (Fsp3) is 0.571. The maximum absolute atomic E-state index is 11.8. The smallest absolute Gasteiger partial charge is 0.375 e. The molecule has 2 nitrogen and oxygen atoms in total. The average Bonchev–Trinajstić information content (AvgIpc) is 1.86. The summed E-state index contributed by atoms with van der Waals surface area (Å²) < 4.78 is 35.5. The van der Waals surface area contributed by atoms with Crippen LogP contribution in [0.2, 0.25) is 0 Å². The van der Waals surface area contributed by atoms with Crippen LogP contribution in [0.25, 0.3) is 0 Å². The molecule has 0 atom stereocenters. The second-order valence-corrected chi connectivity index (χ2v) is 2.40. The fourth-order valence-corrected chi connectivity index (χ4v) is 0.738. The van der Waals surface area contributed by atoms with E-state index in [4.69, 9.17) is 0 Å². The molecule has 0 spiro atoms. The third-order valence-corrected chi connectivity index (χ3v) is 1.25. The molecule has 0 N–H and O–H groups in total. The summed E-state index contributed by atoms with van der Waals surface area (Å²) in [6, 6.07) is 0. The summed E-state index contributed by atoms with van der Waals surface area (Å²) >= 11 is 0. The molecule has 0 saturated heterocycles. The Labute approximate surface area is 68.7 Å². The van der Waals surface area contributed by atoms with Gasteiger partial charge in [0.15, 0.2) is 0 Å². The minimum Gasteiger partial charge on any atom is -0.375 e. The number of carbonyl (C=O) groups is 1. The molecule has 0 aromatic heterocycles. The van der Waals surface area contributed by atoms with Crippen LogP contribution in [-0.4, -0.2) is 31.0 Å². The van der Waals surface area contributed by atoms with Gasteiger partial charge in [0.05, 0.1) is 5.70 Å². The Kier molecular flexibility index (Phi) is 3.30. The van der Waals surface area contributed by atoms with Crippen molar-refractivity contribution in [3.05, 3.63) is 11.8 Å². The lowest BCUT2D eigenvalue weighted by Gasteiger charge is -2.16. The van der Waals surface area contributed by atoms with E-state index in [-0.39, 0.29) is 5.70 Å². The van der Waals surface area contributed by atoms with Gasteiger partial charge in [-0.3, -0.25) is 4.79 Å². The van der Waals surface area contributed by atoms with E-state index in [0.29, 0.717) is 0 Å². The number of halogens is 3. The van der Waals surface area contributed by atoms with E-state index in [9.17, 15) is 18.0 Å². The maximum Gasteiger partial charge on any atom is 0.456 e. The SMILES string of the molecule is C/C=C(/C(=O)C(F)(F)F)N(C)C. The quantitative estimate of drug-likeness (QED) is 0.603. The highest BCUT2D eigenvalue weighted by molar-refractivity contribution is 5.98. The van der Waals surface area contributed by atoms with Gasteiger partial charge in [-0.15, -0.1) is 0 Å². The zero-order valence-electron chi connectivity index (χ0n) is 7.07. The fourth-order valence-electron chi connectivity index (χ4n) is 0.738. The summed E-state index contributed by atoms with van der Waals surface area (Å²) in [6.07, 6.45) is -3.65. The third kappa shape index (κ3) is 2.56. The average molecular weight is 181 g/mol. The molecule has 0 aliphatic heterocycles. The molecule has 0 fully saturated rings. The number of Topliss-reactive ketones (excluding diaryl/α,β-unsaturated/α-hetero) is 1. The zero-order valence-corrected chi connectivity index (χ0v) is 7.07. The number of hydrogen-bond acceptors (Lipinski definition) is 2. The molecule has 0 saturated carbocycles. The molecule has 0 aliphatic carbocycles. The Hall–Kier alpha value is -1.00. The van der Waals surface area contributed by atoms with Crippen LogP contribution in [0.15, 0.2) is 11.8 Å². The highest BCUT2D eigenvalue weighted by Gasteiger charge is 2.41. The first kappa shape index (κ1) is 11.0. The Morgan fingerprint density at radius 1 is 1.33 bits per heavy atom. The number of carbonyl (C=O) groups excluding carboxylic acids is 1. The summed E-state index contributed by atoms with van der Waals surface area (Å²) in [6.45, 7) is 1.39. The second kappa shape index (κ2) is 3.60. The topological polar surface area (TPSA) is 20.3 Å². The molecule has 0 aliphatic rings. The third-order valence-electron chi connectivity index (χ3n) is 1.25. The van der Waals surface area contributed by atoms with Crippen LogP contribution in [0.4, 0.5) is 13.2 Å². The van der Waals surface area contributed by atoms with Crippen molar-refractivity contribution in [2.24, 2.45) is 0 Å². The number of rotatable bonds is 2. The van der Waals surface area contributed by atoms with Crippen LogP contribution in [0.3, 0.4) is 0 Å². The van der Waals surface area contributed by atoms with Crippen LogP contribution < -0.4 is 0 Å². The normalized spacial score (nSPS) is 13.0. The second-order valence-electron chi connectivity index (χ2n) is 2.40. The molecular formula is C7H10F3NO.